The zero-order valence-corrected chi connectivity index (χ0v) is 13.4. The molecule has 2 aliphatic rings. The van der Waals surface area contributed by atoms with Crippen molar-refractivity contribution in [2.24, 2.45) is 11.7 Å². The van der Waals surface area contributed by atoms with Gasteiger partial charge in [0.1, 0.15) is 0 Å². The lowest BCUT2D eigenvalue weighted by Crippen LogP contribution is -2.37. The largest absolute Gasteiger partial charge is 0.372 e. The van der Waals surface area contributed by atoms with Crippen LogP contribution in [-0.4, -0.2) is 17.7 Å². The number of hydrogen-bond donors (Lipinski definition) is 1. The highest BCUT2D eigenvalue weighted by molar-refractivity contribution is 5.20. The molecule has 0 aromatic heterocycles. The van der Waals surface area contributed by atoms with Crippen molar-refractivity contribution in [1.82, 2.24) is 0 Å². The van der Waals surface area contributed by atoms with Gasteiger partial charge in [0, 0.05) is 6.04 Å². The third-order valence-electron chi connectivity index (χ3n) is 5.43. The molecule has 1 saturated heterocycles. The smallest absolute Gasteiger partial charge is 0.0631 e. The maximum absolute atomic E-state index is 6.41. The normalized spacial score (nSPS) is 35.8. The zero-order valence-electron chi connectivity index (χ0n) is 13.4. The van der Waals surface area contributed by atoms with Gasteiger partial charge >= 0.3 is 0 Å². The van der Waals surface area contributed by atoms with Crippen LogP contribution < -0.4 is 5.73 Å². The SMILES string of the molecule is CC1(C)CCC(CC2CC(c3ccccc3)CCC2N)O1. The summed E-state index contributed by atoms with van der Waals surface area (Å²) < 4.78 is 6.19. The summed E-state index contributed by atoms with van der Waals surface area (Å²) in [5.41, 5.74) is 7.97. The van der Waals surface area contributed by atoms with Gasteiger partial charge in [-0.25, -0.2) is 0 Å². The van der Waals surface area contributed by atoms with Gasteiger partial charge in [-0.2, -0.15) is 0 Å². The number of nitrogens with two attached hydrogens (primary N) is 1. The monoisotopic (exact) mass is 287 g/mol. The van der Waals surface area contributed by atoms with Gasteiger partial charge in [0.25, 0.3) is 0 Å². The number of ether oxygens (including phenoxy) is 1. The zero-order chi connectivity index (χ0) is 14.9. The third kappa shape index (κ3) is 3.67. The second kappa shape index (κ2) is 6.10. The molecule has 116 valence electrons. The summed E-state index contributed by atoms with van der Waals surface area (Å²) in [7, 11) is 0. The van der Waals surface area contributed by atoms with E-state index >= 15 is 0 Å². The predicted molar refractivity (Wildman–Crippen MR) is 87.3 cm³/mol. The van der Waals surface area contributed by atoms with Gasteiger partial charge in [-0.3, -0.25) is 0 Å². The van der Waals surface area contributed by atoms with Crippen LogP contribution in [-0.2, 0) is 4.74 Å². The Morgan fingerprint density at radius 3 is 2.57 bits per heavy atom. The molecule has 1 heterocycles. The summed E-state index contributed by atoms with van der Waals surface area (Å²) in [5, 5.41) is 0. The fourth-order valence-electron chi connectivity index (χ4n) is 4.17. The van der Waals surface area contributed by atoms with Gasteiger partial charge in [-0.15, -0.1) is 0 Å². The first-order valence-electron chi connectivity index (χ1n) is 8.52. The number of benzene rings is 1. The maximum Gasteiger partial charge on any atom is 0.0631 e. The molecule has 2 fully saturated rings. The van der Waals surface area contributed by atoms with Crippen LogP contribution in [0.5, 0.6) is 0 Å². The van der Waals surface area contributed by atoms with E-state index in [1.54, 1.807) is 0 Å². The average Bonchev–Trinajstić information content (AvgIpc) is 2.81. The van der Waals surface area contributed by atoms with Crippen molar-refractivity contribution in [3.05, 3.63) is 35.9 Å². The maximum atomic E-state index is 6.41. The topological polar surface area (TPSA) is 35.2 Å². The fraction of sp³-hybridized carbons (Fsp3) is 0.684. The molecule has 2 N–H and O–H groups in total. The fourth-order valence-corrected chi connectivity index (χ4v) is 4.17. The van der Waals surface area contributed by atoms with Gasteiger partial charge in [0.05, 0.1) is 11.7 Å². The Hall–Kier alpha value is -0.860. The molecule has 0 radical (unpaired) electrons. The van der Waals surface area contributed by atoms with Gasteiger partial charge < -0.3 is 10.5 Å². The van der Waals surface area contributed by atoms with Gasteiger partial charge in [-0.05, 0) is 69.8 Å². The molecule has 4 unspecified atom stereocenters. The summed E-state index contributed by atoms with van der Waals surface area (Å²) in [6, 6.07) is 11.3. The highest BCUT2D eigenvalue weighted by atomic mass is 16.5. The lowest BCUT2D eigenvalue weighted by atomic mass is 9.73. The van der Waals surface area contributed by atoms with E-state index in [9.17, 15) is 0 Å². The Morgan fingerprint density at radius 2 is 1.90 bits per heavy atom. The molecule has 4 atom stereocenters. The van der Waals surface area contributed by atoms with Crippen molar-refractivity contribution in [2.75, 3.05) is 0 Å². The standard InChI is InChI=1S/C19H29NO/c1-19(2)11-10-17(21-19)13-16-12-15(8-9-18(16)20)14-6-4-3-5-7-14/h3-7,15-18H,8-13,20H2,1-2H3. The highest BCUT2D eigenvalue weighted by Crippen LogP contribution is 2.40. The Bertz CT molecular complexity index is 456. The van der Waals surface area contributed by atoms with E-state index in [1.165, 1.54) is 31.2 Å². The van der Waals surface area contributed by atoms with Crippen LogP contribution in [0.15, 0.2) is 30.3 Å². The van der Waals surface area contributed by atoms with E-state index in [2.05, 4.69) is 44.2 Å². The first-order valence-corrected chi connectivity index (χ1v) is 8.52. The molecule has 0 spiro atoms. The van der Waals surface area contributed by atoms with Crippen LogP contribution in [0.2, 0.25) is 0 Å². The molecule has 1 saturated carbocycles. The van der Waals surface area contributed by atoms with Gasteiger partial charge in [0.15, 0.2) is 0 Å². The first kappa shape index (κ1) is 15.1. The molecular formula is C19H29NO. The second-order valence-electron chi connectivity index (χ2n) is 7.62. The van der Waals surface area contributed by atoms with Crippen LogP contribution >= 0.6 is 0 Å². The summed E-state index contributed by atoms with van der Waals surface area (Å²) >= 11 is 0. The average molecular weight is 287 g/mol. The molecule has 1 aliphatic heterocycles. The van der Waals surface area contributed by atoms with E-state index in [0.717, 1.165) is 12.8 Å². The third-order valence-corrected chi connectivity index (χ3v) is 5.43. The van der Waals surface area contributed by atoms with Crippen LogP contribution in [0.1, 0.15) is 63.9 Å². The highest BCUT2D eigenvalue weighted by Gasteiger charge is 2.36. The quantitative estimate of drug-likeness (QED) is 0.902. The second-order valence-corrected chi connectivity index (χ2v) is 7.62. The first-order chi connectivity index (χ1) is 10.0. The molecule has 1 aliphatic carbocycles. The van der Waals surface area contributed by atoms with Crippen LogP contribution in [0.25, 0.3) is 0 Å². The summed E-state index contributed by atoms with van der Waals surface area (Å²) in [5.74, 6) is 1.30. The minimum atomic E-state index is 0.0717. The lowest BCUT2D eigenvalue weighted by Gasteiger charge is -2.36. The Labute approximate surface area is 129 Å². The Kier molecular flexibility index (Phi) is 4.37. The van der Waals surface area contributed by atoms with Gasteiger partial charge in [0.2, 0.25) is 0 Å². The van der Waals surface area contributed by atoms with Crippen molar-refractivity contribution in [3.63, 3.8) is 0 Å². The van der Waals surface area contributed by atoms with Crippen molar-refractivity contribution in [1.29, 1.82) is 0 Å². The molecule has 0 bridgehead atoms. The minimum Gasteiger partial charge on any atom is -0.372 e. The summed E-state index contributed by atoms with van der Waals surface area (Å²) in [4.78, 5) is 0. The van der Waals surface area contributed by atoms with E-state index in [1.807, 2.05) is 0 Å². The summed E-state index contributed by atoms with van der Waals surface area (Å²) in [6.07, 6.45) is 7.57. The van der Waals surface area contributed by atoms with Crippen molar-refractivity contribution >= 4 is 0 Å². The Morgan fingerprint density at radius 1 is 1.14 bits per heavy atom. The van der Waals surface area contributed by atoms with Crippen LogP contribution in [0.4, 0.5) is 0 Å². The molecule has 1 aromatic rings. The molecule has 21 heavy (non-hydrogen) atoms. The van der Waals surface area contributed by atoms with Crippen molar-refractivity contribution < 1.29 is 4.74 Å². The Balaban J connectivity index is 1.62. The number of hydrogen-bond acceptors (Lipinski definition) is 2. The predicted octanol–water partition coefficient (Wildman–Crippen LogP) is 4.25. The van der Waals surface area contributed by atoms with Crippen LogP contribution in [0, 0.1) is 5.92 Å². The van der Waals surface area contributed by atoms with Crippen molar-refractivity contribution in [3.8, 4) is 0 Å². The van der Waals surface area contributed by atoms with E-state index < -0.39 is 0 Å². The molecule has 3 rings (SSSR count). The molecule has 0 amide bonds. The molecule has 2 heteroatoms. The number of rotatable bonds is 3. The van der Waals surface area contributed by atoms with Crippen molar-refractivity contribution in [2.45, 2.75) is 76.0 Å². The van der Waals surface area contributed by atoms with E-state index in [0.29, 0.717) is 24.0 Å². The minimum absolute atomic E-state index is 0.0717. The molecule has 1 aromatic carbocycles. The molecular weight excluding hydrogens is 258 g/mol. The van der Waals surface area contributed by atoms with E-state index in [4.69, 9.17) is 10.5 Å². The van der Waals surface area contributed by atoms with E-state index in [-0.39, 0.29) is 5.60 Å². The van der Waals surface area contributed by atoms with Gasteiger partial charge in [-0.1, -0.05) is 30.3 Å². The lowest BCUT2D eigenvalue weighted by molar-refractivity contribution is -0.0282. The molecule has 2 nitrogen and oxygen atoms in total. The van der Waals surface area contributed by atoms with Crippen LogP contribution in [0.3, 0.4) is 0 Å². The summed E-state index contributed by atoms with van der Waals surface area (Å²) in [6.45, 7) is 4.42.